The maximum Gasteiger partial charge on any atom is 0.186 e. The summed E-state index contributed by atoms with van der Waals surface area (Å²) >= 11 is 1.47. The Kier molecular flexibility index (Phi) is 5.01. The summed E-state index contributed by atoms with van der Waals surface area (Å²) in [6.45, 7) is 3.75. The van der Waals surface area contributed by atoms with Crippen molar-refractivity contribution >= 4 is 22.5 Å². The van der Waals surface area contributed by atoms with E-state index in [1.807, 2.05) is 36.4 Å². The van der Waals surface area contributed by atoms with E-state index in [4.69, 9.17) is 0 Å². The van der Waals surface area contributed by atoms with Crippen molar-refractivity contribution in [2.24, 2.45) is 0 Å². The average Bonchev–Trinajstić information content (AvgIpc) is 2.89. The molecule has 0 unspecified atom stereocenters. The molecule has 5 heteroatoms. The van der Waals surface area contributed by atoms with Crippen LogP contribution in [0.3, 0.4) is 0 Å². The molecule has 0 aliphatic heterocycles. The molecule has 0 saturated heterocycles. The molecule has 0 spiro atoms. The molecule has 0 aliphatic carbocycles. The zero-order valence-electron chi connectivity index (χ0n) is 11.3. The van der Waals surface area contributed by atoms with E-state index in [2.05, 4.69) is 16.5 Å². The van der Waals surface area contributed by atoms with E-state index in [1.54, 1.807) is 18.3 Å². The Balaban J connectivity index is 2.17. The lowest BCUT2D eigenvalue weighted by Crippen LogP contribution is -2.16. The number of allylic oxidation sites excluding steroid dienone is 2. The van der Waals surface area contributed by atoms with Crippen molar-refractivity contribution in [3.8, 4) is 0 Å². The molecule has 104 valence electrons. The van der Waals surface area contributed by atoms with Gasteiger partial charge < -0.3 is 4.90 Å². The first-order valence-corrected chi connectivity index (χ1v) is 7.01. The molecule has 0 fully saturated rings. The van der Waals surface area contributed by atoms with Gasteiger partial charge in [-0.15, -0.1) is 0 Å². The van der Waals surface area contributed by atoms with Crippen LogP contribution >= 0.6 is 11.3 Å². The van der Waals surface area contributed by atoms with Crippen LogP contribution in [0.15, 0.2) is 43.3 Å². The molecule has 2 heterocycles. The predicted octanol–water partition coefficient (Wildman–Crippen LogP) is 3.84. The Morgan fingerprint density at radius 1 is 1.50 bits per heavy atom. The van der Waals surface area contributed by atoms with Crippen LogP contribution in [0.5, 0.6) is 0 Å². The van der Waals surface area contributed by atoms with Crippen LogP contribution < -0.4 is 4.90 Å². The molecule has 2 aromatic heterocycles. The van der Waals surface area contributed by atoms with Gasteiger partial charge in [0.25, 0.3) is 0 Å². The fourth-order valence-electron chi connectivity index (χ4n) is 1.73. The Bertz CT molecular complexity index is 592. The van der Waals surface area contributed by atoms with Crippen molar-refractivity contribution in [2.45, 2.75) is 13.2 Å². The maximum atomic E-state index is 13.0. The molecule has 0 bridgehead atoms. The van der Waals surface area contributed by atoms with Crippen molar-refractivity contribution < 1.29 is 4.39 Å². The molecular formula is C15H16FN3S. The van der Waals surface area contributed by atoms with Gasteiger partial charge in [-0.05, 0) is 17.7 Å². The summed E-state index contributed by atoms with van der Waals surface area (Å²) in [6, 6.07) is 3.90. The topological polar surface area (TPSA) is 29.0 Å². The average molecular weight is 289 g/mol. The highest BCUT2D eigenvalue weighted by Crippen LogP contribution is 2.28. The number of thiazole rings is 1. The minimum atomic E-state index is -0.561. The van der Waals surface area contributed by atoms with Gasteiger partial charge in [0.05, 0.1) is 10.6 Å². The van der Waals surface area contributed by atoms with Gasteiger partial charge in [0.2, 0.25) is 0 Å². The summed E-state index contributed by atoms with van der Waals surface area (Å²) in [5.41, 5.74) is 1.57. The highest BCUT2D eigenvalue weighted by atomic mass is 32.1. The maximum absolute atomic E-state index is 13.0. The van der Waals surface area contributed by atoms with Crippen molar-refractivity contribution in [1.29, 1.82) is 0 Å². The Morgan fingerprint density at radius 2 is 2.35 bits per heavy atom. The number of aromatic nitrogens is 2. The monoisotopic (exact) mass is 289 g/mol. The van der Waals surface area contributed by atoms with Crippen LogP contribution in [0.1, 0.15) is 16.1 Å². The van der Waals surface area contributed by atoms with E-state index in [0.717, 1.165) is 15.6 Å². The Labute approximate surface area is 122 Å². The molecule has 2 aromatic rings. The molecule has 0 saturated carbocycles. The highest BCUT2D eigenvalue weighted by Gasteiger charge is 2.12. The van der Waals surface area contributed by atoms with Crippen molar-refractivity contribution in [1.82, 2.24) is 9.97 Å². The van der Waals surface area contributed by atoms with Crippen LogP contribution in [0, 0.1) is 0 Å². The number of hydrogen-bond acceptors (Lipinski definition) is 4. The molecule has 2 rings (SSSR count). The van der Waals surface area contributed by atoms with Gasteiger partial charge in [0, 0.05) is 26.0 Å². The van der Waals surface area contributed by atoms with E-state index in [1.165, 1.54) is 11.3 Å². The summed E-state index contributed by atoms with van der Waals surface area (Å²) in [7, 11) is 1.94. The number of rotatable bonds is 6. The minimum Gasteiger partial charge on any atom is -0.347 e. The van der Waals surface area contributed by atoms with E-state index in [0.29, 0.717) is 12.2 Å². The lowest BCUT2D eigenvalue weighted by Gasteiger charge is -2.15. The number of anilines is 1. The van der Waals surface area contributed by atoms with Gasteiger partial charge in [-0.25, -0.2) is 9.37 Å². The summed E-state index contributed by atoms with van der Waals surface area (Å²) in [6.07, 6.45) is 8.85. The summed E-state index contributed by atoms with van der Waals surface area (Å²) in [5.74, 6) is 0. The Morgan fingerprint density at radius 3 is 3.00 bits per heavy atom. The number of halogens is 1. The number of pyridine rings is 1. The zero-order valence-corrected chi connectivity index (χ0v) is 12.1. The van der Waals surface area contributed by atoms with Gasteiger partial charge in [0.15, 0.2) is 5.13 Å². The quantitative estimate of drug-likeness (QED) is 0.757. The van der Waals surface area contributed by atoms with E-state index in [-0.39, 0.29) is 0 Å². The molecule has 0 aliphatic rings. The molecule has 0 amide bonds. The third-order valence-electron chi connectivity index (χ3n) is 2.70. The minimum absolute atomic E-state index is 0.473. The highest BCUT2D eigenvalue weighted by molar-refractivity contribution is 7.16. The molecule has 0 atom stereocenters. The van der Waals surface area contributed by atoms with Gasteiger partial charge in [-0.1, -0.05) is 36.1 Å². The van der Waals surface area contributed by atoms with Crippen LogP contribution in [0.25, 0.3) is 6.08 Å². The van der Waals surface area contributed by atoms with Crippen molar-refractivity contribution in [3.05, 3.63) is 59.4 Å². The van der Waals surface area contributed by atoms with Crippen LogP contribution in [0.2, 0.25) is 0 Å². The molecule has 20 heavy (non-hydrogen) atoms. The van der Waals surface area contributed by atoms with Gasteiger partial charge in [-0.3, -0.25) is 4.98 Å². The molecular weight excluding hydrogens is 273 g/mol. The van der Waals surface area contributed by atoms with Crippen LogP contribution in [0.4, 0.5) is 9.52 Å². The second-order valence-electron chi connectivity index (χ2n) is 4.25. The van der Waals surface area contributed by atoms with Crippen molar-refractivity contribution in [3.63, 3.8) is 0 Å². The SMILES string of the molecule is C=C/C=C\c1sc(N(C)Cc2cccnc2)nc1CF. The van der Waals surface area contributed by atoms with Crippen molar-refractivity contribution in [2.75, 3.05) is 11.9 Å². The first kappa shape index (κ1) is 14.4. The number of hydrogen-bond donors (Lipinski definition) is 0. The lowest BCUT2D eigenvalue weighted by atomic mass is 10.3. The second-order valence-corrected chi connectivity index (χ2v) is 5.26. The number of nitrogens with zero attached hydrogens (tertiary/aromatic N) is 3. The number of alkyl halides is 1. The zero-order chi connectivity index (χ0) is 14.4. The fourth-order valence-corrected chi connectivity index (χ4v) is 2.67. The fraction of sp³-hybridized carbons (Fsp3) is 0.200. The Hall–Kier alpha value is -2.01. The van der Waals surface area contributed by atoms with E-state index < -0.39 is 6.67 Å². The third kappa shape index (κ3) is 3.51. The van der Waals surface area contributed by atoms with Gasteiger partial charge in [0.1, 0.15) is 6.67 Å². The van der Waals surface area contributed by atoms with Gasteiger partial charge in [-0.2, -0.15) is 0 Å². The first-order valence-electron chi connectivity index (χ1n) is 6.19. The first-order chi connectivity index (χ1) is 9.74. The largest absolute Gasteiger partial charge is 0.347 e. The normalized spacial score (nSPS) is 10.9. The summed E-state index contributed by atoms with van der Waals surface area (Å²) < 4.78 is 13.0. The molecule has 0 N–H and O–H groups in total. The van der Waals surface area contributed by atoms with Crippen LogP contribution in [-0.2, 0) is 13.2 Å². The standard InChI is InChI=1S/C15H16FN3S/c1-3-4-7-14-13(9-16)18-15(20-14)19(2)11-12-6-5-8-17-10-12/h3-8,10H,1,9,11H2,2H3/b7-4-. The molecule has 3 nitrogen and oxygen atoms in total. The van der Waals surface area contributed by atoms with Crippen LogP contribution in [-0.4, -0.2) is 17.0 Å². The van der Waals surface area contributed by atoms with Gasteiger partial charge >= 0.3 is 0 Å². The smallest absolute Gasteiger partial charge is 0.186 e. The molecule has 0 aromatic carbocycles. The summed E-state index contributed by atoms with van der Waals surface area (Å²) in [4.78, 5) is 11.3. The van der Waals surface area contributed by atoms with E-state index >= 15 is 0 Å². The predicted molar refractivity (Wildman–Crippen MR) is 82.5 cm³/mol. The van der Waals surface area contributed by atoms with E-state index in [9.17, 15) is 4.39 Å². The summed E-state index contributed by atoms with van der Waals surface area (Å²) in [5, 5.41) is 0.796. The lowest BCUT2D eigenvalue weighted by molar-refractivity contribution is 0.477. The third-order valence-corrected chi connectivity index (χ3v) is 3.87. The second kappa shape index (κ2) is 6.96. The molecule has 0 radical (unpaired) electrons.